The summed E-state index contributed by atoms with van der Waals surface area (Å²) >= 11 is 0. The fourth-order valence-electron chi connectivity index (χ4n) is 0.906. The van der Waals surface area contributed by atoms with Crippen molar-refractivity contribution in [1.29, 1.82) is 10.8 Å². The molecule has 0 fully saturated rings. The normalized spacial score (nSPS) is 11.3. The van der Waals surface area contributed by atoms with Gasteiger partial charge in [-0.3, -0.25) is 4.79 Å². The van der Waals surface area contributed by atoms with Gasteiger partial charge in [-0.2, -0.15) is 10.4 Å². The molecular formula is C9H7N3O. The van der Waals surface area contributed by atoms with Crippen molar-refractivity contribution in [1.82, 2.24) is 0 Å². The van der Waals surface area contributed by atoms with Gasteiger partial charge in [0.1, 0.15) is 0 Å². The molecule has 1 unspecified atom stereocenters. The summed E-state index contributed by atoms with van der Waals surface area (Å²) in [4.78, 5) is 11.4. The lowest BCUT2D eigenvalue weighted by Gasteiger charge is -1.99. The molecule has 0 aliphatic rings. The molecule has 1 rings (SSSR count). The van der Waals surface area contributed by atoms with Crippen molar-refractivity contribution in [3.63, 3.8) is 0 Å². The Hall–Kier alpha value is -2.02. The summed E-state index contributed by atoms with van der Waals surface area (Å²) in [6.07, 6.45) is 0. The molecule has 1 aromatic rings. The number of ketones is 1. The van der Waals surface area contributed by atoms with Crippen LogP contribution in [0, 0.1) is 16.9 Å². The molecule has 0 radical (unpaired) electrons. The zero-order valence-corrected chi connectivity index (χ0v) is 6.77. The Morgan fingerprint density at radius 2 is 2.08 bits per heavy atom. The van der Waals surface area contributed by atoms with Gasteiger partial charge < -0.3 is 0 Å². The zero-order chi connectivity index (χ0) is 9.68. The molecule has 0 bridgehead atoms. The summed E-state index contributed by atoms with van der Waals surface area (Å²) in [7, 11) is 0. The van der Waals surface area contributed by atoms with Gasteiger partial charge in [-0.25, -0.2) is 5.53 Å². The standard InChI is InChI=1S/C9H7N3O/c10-6-8(12-11)9(13)7-4-2-1-3-5-7/h1-5,8,11H. The fourth-order valence-corrected chi connectivity index (χ4v) is 0.906. The maximum Gasteiger partial charge on any atom is 0.219 e. The van der Waals surface area contributed by atoms with Crippen molar-refractivity contribution in [3.8, 4) is 6.07 Å². The molecular weight excluding hydrogens is 166 g/mol. The first-order valence-corrected chi connectivity index (χ1v) is 3.65. The molecule has 64 valence electrons. The van der Waals surface area contributed by atoms with E-state index in [0.29, 0.717) is 5.56 Å². The van der Waals surface area contributed by atoms with E-state index in [1.807, 2.05) is 0 Å². The number of hydrogen-bond acceptors (Lipinski definition) is 4. The minimum absolute atomic E-state index is 0.407. The number of carbonyl (C=O) groups excluding carboxylic acids is 1. The number of benzene rings is 1. The summed E-state index contributed by atoms with van der Waals surface area (Å²) in [5.74, 6) is -0.432. The quantitative estimate of drug-likeness (QED) is 0.558. The third-order valence-corrected chi connectivity index (χ3v) is 1.56. The van der Waals surface area contributed by atoms with E-state index in [-0.39, 0.29) is 0 Å². The average Bonchev–Trinajstić information content (AvgIpc) is 2.21. The van der Waals surface area contributed by atoms with Crippen LogP contribution in [0.5, 0.6) is 0 Å². The van der Waals surface area contributed by atoms with E-state index in [1.165, 1.54) is 0 Å². The first-order chi connectivity index (χ1) is 6.29. The Morgan fingerprint density at radius 3 is 2.54 bits per heavy atom. The highest BCUT2D eigenvalue weighted by molar-refractivity contribution is 6.01. The van der Waals surface area contributed by atoms with Crippen LogP contribution in [0.25, 0.3) is 0 Å². The number of hydrogen-bond donors (Lipinski definition) is 1. The van der Waals surface area contributed by atoms with E-state index < -0.39 is 11.8 Å². The molecule has 1 N–H and O–H groups in total. The molecule has 0 aromatic heterocycles. The third-order valence-electron chi connectivity index (χ3n) is 1.56. The van der Waals surface area contributed by atoms with Crippen molar-refractivity contribution >= 4 is 5.78 Å². The lowest BCUT2D eigenvalue weighted by atomic mass is 10.1. The van der Waals surface area contributed by atoms with E-state index in [1.54, 1.807) is 36.4 Å². The molecule has 0 saturated heterocycles. The Morgan fingerprint density at radius 1 is 1.46 bits per heavy atom. The molecule has 0 amide bonds. The minimum Gasteiger partial charge on any atom is -0.290 e. The molecule has 0 aliphatic carbocycles. The molecule has 0 spiro atoms. The smallest absolute Gasteiger partial charge is 0.219 e. The second kappa shape index (κ2) is 4.12. The highest BCUT2D eigenvalue weighted by atomic mass is 16.1. The Labute approximate surface area is 75.3 Å². The van der Waals surface area contributed by atoms with Gasteiger partial charge >= 0.3 is 0 Å². The maximum absolute atomic E-state index is 11.4. The number of Topliss-reactive ketones (excluding diaryl/α,β-unsaturated/α-hetero) is 1. The topological polar surface area (TPSA) is 77.1 Å². The summed E-state index contributed by atoms with van der Waals surface area (Å²) in [6.45, 7) is 0. The molecule has 4 nitrogen and oxygen atoms in total. The zero-order valence-electron chi connectivity index (χ0n) is 6.77. The number of nitrogens with one attached hydrogen (secondary N) is 1. The predicted molar refractivity (Wildman–Crippen MR) is 45.3 cm³/mol. The van der Waals surface area contributed by atoms with E-state index in [4.69, 9.17) is 10.8 Å². The van der Waals surface area contributed by atoms with Gasteiger partial charge in [0.05, 0.1) is 6.07 Å². The number of carbonyl (C=O) groups is 1. The highest BCUT2D eigenvalue weighted by Gasteiger charge is 2.17. The Kier molecular flexibility index (Phi) is 2.87. The van der Waals surface area contributed by atoms with Gasteiger partial charge in [-0.1, -0.05) is 30.3 Å². The van der Waals surface area contributed by atoms with Crippen LogP contribution in [0.3, 0.4) is 0 Å². The van der Waals surface area contributed by atoms with Gasteiger partial charge in [0.25, 0.3) is 0 Å². The second-order valence-electron chi connectivity index (χ2n) is 2.39. The van der Waals surface area contributed by atoms with Crippen molar-refractivity contribution in [2.24, 2.45) is 5.11 Å². The van der Waals surface area contributed by atoms with Crippen LogP contribution in [0.1, 0.15) is 10.4 Å². The Bertz CT molecular complexity index is 353. The second-order valence-corrected chi connectivity index (χ2v) is 2.39. The van der Waals surface area contributed by atoms with Crippen LogP contribution in [0.15, 0.2) is 35.4 Å². The SMILES string of the molecule is N#CC(N=N)C(=O)c1ccccc1. The van der Waals surface area contributed by atoms with E-state index in [9.17, 15) is 4.79 Å². The van der Waals surface area contributed by atoms with E-state index in [2.05, 4.69) is 5.11 Å². The monoisotopic (exact) mass is 173 g/mol. The lowest BCUT2D eigenvalue weighted by Crippen LogP contribution is -2.15. The fraction of sp³-hybridized carbons (Fsp3) is 0.111. The highest BCUT2D eigenvalue weighted by Crippen LogP contribution is 2.04. The first kappa shape index (κ1) is 9.07. The van der Waals surface area contributed by atoms with Crippen LogP contribution in [0.2, 0.25) is 0 Å². The van der Waals surface area contributed by atoms with Gasteiger partial charge in [0.2, 0.25) is 11.8 Å². The van der Waals surface area contributed by atoms with Crippen LogP contribution in [0.4, 0.5) is 0 Å². The molecule has 0 saturated carbocycles. The van der Waals surface area contributed by atoms with Crippen molar-refractivity contribution < 1.29 is 4.79 Å². The third kappa shape index (κ3) is 1.97. The minimum atomic E-state index is -1.21. The summed E-state index contributed by atoms with van der Waals surface area (Å²) in [5, 5.41) is 11.4. The molecule has 1 aromatic carbocycles. The Balaban J connectivity index is 2.93. The van der Waals surface area contributed by atoms with E-state index in [0.717, 1.165) is 0 Å². The molecule has 13 heavy (non-hydrogen) atoms. The van der Waals surface area contributed by atoms with Crippen LogP contribution in [-0.2, 0) is 0 Å². The van der Waals surface area contributed by atoms with Crippen molar-refractivity contribution in [2.45, 2.75) is 6.04 Å². The van der Waals surface area contributed by atoms with Gasteiger partial charge in [0.15, 0.2) is 0 Å². The number of nitriles is 1. The molecule has 0 heterocycles. The summed E-state index contributed by atoms with van der Waals surface area (Å²) in [6, 6.07) is 8.80. The predicted octanol–water partition coefficient (Wildman–Crippen LogP) is 1.79. The van der Waals surface area contributed by atoms with Crippen molar-refractivity contribution in [2.75, 3.05) is 0 Å². The molecule has 4 heteroatoms. The summed E-state index contributed by atoms with van der Waals surface area (Å²) in [5.41, 5.74) is 7.03. The van der Waals surface area contributed by atoms with Gasteiger partial charge in [-0.15, -0.1) is 0 Å². The largest absolute Gasteiger partial charge is 0.290 e. The van der Waals surface area contributed by atoms with Crippen LogP contribution in [-0.4, -0.2) is 11.8 Å². The van der Waals surface area contributed by atoms with E-state index >= 15 is 0 Å². The van der Waals surface area contributed by atoms with Crippen LogP contribution >= 0.6 is 0 Å². The molecule has 1 atom stereocenters. The number of rotatable bonds is 3. The summed E-state index contributed by atoms with van der Waals surface area (Å²) < 4.78 is 0. The van der Waals surface area contributed by atoms with Crippen molar-refractivity contribution in [3.05, 3.63) is 35.9 Å². The van der Waals surface area contributed by atoms with Gasteiger partial charge in [0, 0.05) is 5.56 Å². The average molecular weight is 173 g/mol. The molecule has 0 aliphatic heterocycles. The van der Waals surface area contributed by atoms with Crippen LogP contribution < -0.4 is 0 Å². The lowest BCUT2D eigenvalue weighted by molar-refractivity contribution is 0.0978. The van der Waals surface area contributed by atoms with Gasteiger partial charge in [-0.05, 0) is 0 Å². The maximum atomic E-state index is 11.4. The first-order valence-electron chi connectivity index (χ1n) is 3.65. The number of nitrogens with zero attached hydrogens (tertiary/aromatic N) is 2.